The van der Waals surface area contributed by atoms with Crippen molar-refractivity contribution in [2.45, 2.75) is 38.8 Å². The first-order chi connectivity index (χ1) is 10.6. The van der Waals surface area contributed by atoms with Crippen molar-refractivity contribution in [3.8, 4) is 0 Å². The van der Waals surface area contributed by atoms with E-state index in [0.29, 0.717) is 5.92 Å². The van der Waals surface area contributed by atoms with Crippen LogP contribution in [0.15, 0.2) is 60.7 Å². The highest BCUT2D eigenvalue weighted by molar-refractivity contribution is 5.34. The van der Waals surface area contributed by atoms with Crippen LogP contribution >= 0.6 is 0 Å². The summed E-state index contributed by atoms with van der Waals surface area (Å²) in [6.07, 6.45) is 0. The molecule has 2 aromatic carbocycles. The van der Waals surface area contributed by atoms with Gasteiger partial charge in [0.25, 0.3) is 0 Å². The van der Waals surface area contributed by atoms with Crippen LogP contribution < -0.4 is 5.32 Å². The second kappa shape index (κ2) is 8.11. The van der Waals surface area contributed by atoms with E-state index in [1.54, 1.807) is 0 Å². The predicted octanol–water partition coefficient (Wildman–Crippen LogP) is 3.81. The first-order valence-electron chi connectivity index (χ1n) is 8.10. The number of rotatable bonds is 7. The number of hydrogen-bond acceptors (Lipinski definition) is 2. The fourth-order valence-corrected chi connectivity index (χ4v) is 2.98. The highest BCUT2D eigenvalue weighted by atomic mass is 16.3. The molecule has 0 fully saturated rings. The standard InChI is InChI=1S/C20H27NO/c1-15(2)19(14-22)21-16(3)20(17-10-6-4-7-11-17)18-12-8-5-9-13-18/h4-13,15-16,19-22H,14H2,1-3H3/t16-,19-/m1/s1. The summed E-state index contributed by atoms with van der Waals surface area (Å²) in [6, 6.07) is 21.5. The largest absolute Gasteiger partial charge is 0.395 e. The maximum atomic E-state index is 9.61. The summed E-state index contributed by atoms with van der Waals surface area (Å²) in [4.78, 5) is 0. The van der Waals surface area contributed by atoms with Gasteiger partial charge in [0.2, 0.25) is 0 Å². The smallest absolute Gasteiger partial charge is 0.0587 e. The third-order valence-electron chi connectivity index (χ3n) is 4.30. The van der Waals surface area contributed by atoms with Gasteiger partial charge in [0, 0.05) is 18.0 Å². The van der Waals surface area contributed by atoms with Crippen molar-refractivity contribution in [1.82, 2.24) is 5.32 Å². The molecule has 0 radical (unpaired) electrons. The Balaban J connectivity index is 2.29. The Hall–Kier alpha value is -1.64. The van der Waals surface area contributed by atoms with Crippen molar-refractivity contribution in [2.75, 3.05) is 6.61 Å². The van der Waals surface area contributed by atoms with E-state index in [1.807, 2.05) is 12.1 Å². The van der Waals surface area contributed by atoms with Gasteiger partial charge in [0.05, 0.1) is 6.61 Å². The van der Waals surface area contributed by atoms with Gasteiger partial charge in [0.15, 0.2) is 0 Å². The maximum Gasteiger partial charge on any atom is 0.0587 e. The fourth-order valence-electron chi connectivity index (χ4n) is 2.98. The van der Waals surface area contributed by atoms with Gasteiger partial charge in [0.1, 0.15) is 0 Å². The minimum Gasteiger partial charge on any atom is -0.395 e. The molecule has 0 aromatic heterocycles. The molecule has 0 aliphatic heterocycles. The summed E-state index contributed by atoms with van der Waals surface area (Å²) in [7, 11) is 0. The molecule has 2 aromatic rings. The zero-order valence-corrected chi connectivity index (χ0v) is 13.7. The van der Waals surface area contributed by atoms with Gasteiger partial charge in [-0.3, -0.25) is 0 Å². The number of benzene rings is 2. The Kier molecular flexibility index (Phi) is 6.17. The Bertz CT molecular complexity index is 499. The Labute approximate surface area is 134 Å². The van der Waals surface area contributed by atoms with E-state index in [2.05, 4.69) is 74.6 Å². The van der Waals surface area contributed by atoms with E-state index in [4.69, 9.17) is 0 Å². The Morgan fingerprint density at radius 2 is 1.27 bits per heavy atom. The summed E-state index contributed by atoms with van der Waals surface area (Å²) in [5.41, 5.74) is 2.60. The molecule has 2 nitrogen and oxygen atoms in total. The van der Waals surface area contributed by atoms with Crippen molar-refractivity contribution < 1.29 is 5.11 Å². The number of nitrogens with one attached hydrogen (secondary N) is 1. The maximum absolute atomic E-state index is 9.61. The van der Waals surface area contributed by atoms with Crippen LogP contribution in [0.5, 0.6) is 0 Å². The van der Waals surface area contributed by atoms with Crippen LogP contribution in [0.25, 0.3) is 0 Å². The lowest BCUT2D eigenvalue weighted by atomic mass is 9.85. The SMILES string of the molecule is CC(C)[C@@H](CO)N[C@H](C)C(c1ccccc1)c1ccccc1. The molecule has 0 bridgehead atoms. The normalized spacial score (nSPS) is 14.3. The van der Waals surface area contributed by atoms with Crippen LogP contribution in [-0.4, -0.2) is 23.8 Å². The fraction of sp³-hybridized carbons (Fsp3) is 0.400. The van der Waals surface area contributed by atoms with Gasteiger partial charge < -0.3 is 10.4 Å². The molecule has 0 saturated heterocycles. The van der Waals surface area contributed by atoms with Crippen LogP contribution in [0.4, 0.5) is 0 Å². The monoisotopic (exact) mass is 297 g/mol. The third-order valence-corrected chi connectivity index (χ3v) is 4.30. The van der Waals surface area contributed by atoms with Crippen molar-refractivity contribution in [3.05, 3.63) is 71.8 Å². The lowest BCUT2D eigenvalue weighted by Crippen LogP contribution is -2.45. The summed E-state index contributed by atoms with van der Waals surface area (Å²) in [5, 5.41) is 13.2. The molecule has 2 rings (SSSR count). The number of aliphatic hydroxyl groups excluding tert-OH is 1. The second-order valence-electron chi connectivity index (χ2n) is 6.29. The summed E-state index contributed by atoms with van der Waals surface area (Å²) in [6.45, 7) is 6.65. The molecule has 2 heteroatoms. The molecule has 0 heterocycles. The van der Waals surface area contributed by atoms with Gasteiger partial charge in [-0.15, -0.1) is 0 Å². The van der Waals surface area contributed by atoms with Gasteiger partial charge in [-0.25, -0.2) is 0 Å². The van der Waals surface area contributed by atoms with Crippen LogP contribution in [-0.2, 0) is 0 Å². The Morgan fingerprint density at radius 3 is 1.64 bits per heavy atom. The molecule has 0 amide bonds. The molecule has 0 aliphatic carbocycles. The van der Waals surface area contributed by atoms with E-state index in [0.717, 1.165) is 0 Å². The van der Waals surface area contributed by atoms with Gasteiger partial charge >= 0.3 is 0 Å². The van der Waals surface area contributed by atoms with Crippen molar-refractivity contribution in [2.24, 2.45) is 5.92 Å². The molecule has 0 saturated carbocycles. The quantitative estimate of drug-likeness (QED) is 0.814. The van der Waals surface area contributed by atoms with Crippen LogP contribution in [0, 0.1) is 5.92 Å². The zero-order valence-electron chi connectivity index (χ0n) is 13.7. The van der Waals surface area contributed by atoms with Crippen molar-refractivity contribution >= 4 is 0 Å². The van der Waals surface area contributed by atoms with E-state index in [9.17, 15) is 5.11 Å². The van der Waals surface area contributed by atoms with E-state index in [1.165, 1.54) is 11.1 Å². The lowest BCUT2D eigenvalue weighted by Gasteiger charge is -2.31. The van der Waals surface area contributed by atoms with Crippen LogP contribution in [0.2, 0.25) is 0 Å². The molecule has 0 aliphatic rings. The van der Waals surface area contributed by atoms with E-state index >= 15 is 0 Å². The molecule has 2 atom stereocenters. The molecule has 22 heavy (non-hydrogen) atoms. The topological polar surface area (TPSA) is 32.3 Å². The van der Waals surface area contributed by atoms with Crippen molar-refractivity contribution in [3.63, 3.8) is 0 Å². The minimum atomic E-state index is 0.116. The van der Waals surface area contributed by atoms with Gasteiger partial charge in [-0.1, -0.05) is 74.5 Å². The molecule has 2 N–H and O–H groups in total. The minimum absolute atomic E-state index is 0.116. The Morgan fingerprint density at radius 1 is 0.818 bits per heavy atom. The molecule has 0 unspecified atom stereocenters. The summed E-state index contributed by atoms with van der Waals surface area (Å²) < 4.78 is 0. The molecular weight excluding hydrogens is 270 g/mol. The first kappa shape index (κ1) is 16.7. The number of hydrogen-bond donors (Lipinski definition) is 2. The van der Waals surface area contributed by atoms with Gasteiger partial charge in [-0.2, -0.15) is 0 Å². The number of aliphatic hydroxyl groups is 1. The average molecular weight is 297 g/mol. The molecule has 118 valence electrons. The average Bonchev–Trinajstić information content (AvgIpc) is 2.54. The second-order valence-corrected chi connectivity index (χ2v) is 6.29. The third kappa shape index (κ3) is 4.19. The van der Waals surface area contributed by atoms with Crippen molar-refractivity contribution in [1.29, 1.82) is 0 Å². The first-order valence-corrected chi connectivity index (χ1v) is 8.10. The van der Waals surface area contributed by atoms with E-state index < -0.39 is 0 Å². The highest BCUT2D eigenvalue weighted by Crippen LogP contribution is 2.28. The molecule has 0 spiro atoms. The zero-order chi connectivity index (χ0) is 15.9. The highest BCUT2D eigenvalue weighted by Gasteiger charge is 2.24. The van der Waals surface area contributed by atoms with Crippen LogP contribution in [0.1, 0.15) is 37.8 Å². The van der Waals surface area contributed by atoms with E-state index in [-0.39, 0.29) is 24.6 Å². The summed E-state index contributed by atoms with van der Waals surface area (Å²) >= 11 is 0. The molecular formula is C20H27NO. The van der Waals surface area contributed by atoms with Gasteiger partial charge in [-0.05, 0) is 24.0 Å². The predicted molar refractivity (Wildman–Crippen MR) is 93.0 cm³/mol. The lowest BCUT2D eigenvalue weighted by molar-refractivity contribution is 0.198. The van der Waals surface area contributed by atoms with Crippen LogP contribution in [0.3, 0.4) is 0 Å². The summed E-state index contributed by atoms with van der Waals surface area (Å²) in [5.74, 6) is 0.676.